The lowest BCUT2D eigenvalue weighted by Gasteiger charge is -2.09. The van der Waals surface area contributed by atoms with E-state index in [9.17, 15) is 0 Å². The Morgan fingerprint density at radius 2 is 0.706 bits per heavy atom. The summed E-state index contributed by atoms with van der Waals surface area (Å²) in [6, 6.07) is 0. The fraction of sp³-hybridized carbons (Fsp3) is 0.571. The molecule has 0 radical (unpaired) electrons. The molecule has 0 atom stereocenters. The van der Waals surface area contributed by atoms with Crippen LogP contribution in [0.1, 0.15) is 202 Å². The highest BCUT2D eigenvalue weighted by molar-refractivity contribution is 7.17. The standard InChI is InChI=1S/2C12H17N2O.2C12H17N2S.4C2H6/c1-7(2)11-8(3)12-10(13-6-15-12)9(4)14(11)5;1-7(2)11-8(3)10-12(15-6-13-10)9(4)14(11)5;1-7(2)11-8(3)12-10(13-6-15-12)9(4)14(11)5;1-7(2)11-8(3)10-12(15-6-13-10)9(4)14(11)5;4*1-2/h4*6-7H,1-5H3;4*1-2H3/q4*+1;;;;. The molecule has 0 aliphatic rings. The highest BCUT2D eigenvalue weighted by Crippen LogP contribution is 2.30. The van der Waals surface area contributed by atoms with E-state index >= 15 is 0 Å². The molecule has 8 aromatic rings. The first kappa shape index (κ1) is 61.3. The summed E-state index contributed by atoms with van der Waals surface area (Å²) in [6.45, 7) is 50.8. The average Bonchev–Trinajstić information content (AvgIpc) is 4.17. The van der Waals surface area contributed by atoms with Gasteiger partial charge in [0.05, 0.1) is 26.8 Å². The van der Waals surface area contributed by atoms with Crippen molar-refractivity contribution < 1.29 is 27.1 Å². The molecule has 8 rings (SSSR count). The predicted octanol–water partition coefficient (Wildman–Crippen LogP) is 14.6. The Morgan fingerprint density at radius 3 is 1.18 bits per heavy atom. The van der Waals surface area contributed by atoms with Crippen molar-refractivity contribution in [3.63, 3.8) is 0 Å². The van der Waals surface area contributed by atoms with Gasteiger partial charge in [0.2, 0.25) is 22.7 Å². The molecule has 376 valence electrons. The molecule has 12 heteroatoms. The Labute approximate surface area is 420 Å². The van der Waals surface area contributed by atoms with Crippen molar-refractivity contribution >= 4 is 65.3 Å². The van der Waals surface area contributed by atoms with Gasteiger partial charge in [-0.25, -0.2) is 33.6 Å². The number of hydrogen-bond donors (Lipinski definition) is 0. The number of oxazole rings is 2. The van der Waals surface area contributed by atoms with Crippen molar-refractivity contribution in [1.29, 1.82) is 0 Å². The lowest BCUT2D eigenvalue weighted by Crippen LogP contribution is -2.39. The molecule has 0 saturated carbocycles. The van der Waals surface area contributed by atoms with Gasteiger partial charge in [-0.1, -0.05) is 111 Å². The van der Waals surface area contributed by atoms with E-state index in [1.54, 1.807) is 22.7 Å². The first-order valence-corrected chi connectivity index (χ1v) is 26.8. The van der Waals surface area contributed by atoms with E-state index in [-0.39, 0.29) is 0 Å². The van der Waals surface area contributed by atoms with Crippen molar-refractivity contribution in [2.45, 2.75) is 190 Å². The molecular formula is C56H92N8O2S2+4. The molecule has 0 aromatic carbocycles. The summed E-state index contributed by atoms with van der Waals surface area (Å²) >= 11 is 3.47. The van der Waals surface area contributed by atoms with E-state index in [1.165, 1.54) is 84.1 Å². The number of fused-ring (bicyclic) bond motifs is 4. The van der Waals surface area contributed by atoms with E-state index in [0.29, 0.717) is 23.7 Å². The minimum absolute atomic E-state index is 0.489. The molecule has 0 bridgehead atoms. The van der Waals surface area contributed by atoms with Crippen LogP contribution in [0.5, 0.6) is 0 Å². The zero-order valence-electron chi connectivity index (χ0n) is 47.8. The van der Waals surface area contributed by atoms with E-state index in [0.717, 1.165) is 39.1 Å². The highest BCUT2D eigenvalue weighted by Gasteiger charge is 2.27. The van der Waals surface area contributed by atoms with Crippen LogP contribution in [0.25, 0.3) is 42.6 Å². The van der Waals surface area contributed by atoms with Crippen LogP contribution in [-0.4, -0.2) is 19.9 Å². The van der Waals surface area contributed by atoms with Crippen LogP contribution in [0, 0.1) is 55.4 Å². The Bertz CT molecular complexity index is 2440. The molecule has 0 aliphatic heterocycles. The van der Waals surface area contributed by atoms with Gasteiger partial charge in [-0.15, -0.1) is 22.7 Å². The zero-order chi connectivity index (χ0) is 52.7. The van der Waals surface area contributed by atoms with Crippen molar-refractivity contribution in [2.24, 2.45) is 28.2 Å². The molecule has 8 heterocycles. The van der Waals surface area contributed by atoms with Crippen molar-refractivity contribution in [3.8, 4) is 0 Å². The molecule has 10 nitrogen and oxygen atoms in total. The van der Waals surface area contributed by atoms with Crippen LogP contribution >= 0.6 is 22.7 Å². The number of aromatic nitrogens is 8. The quantitative estimate of drug-likeness (QED) is 0.163. The molecule has 0 amide bonds. The van der Waals surface area contributed by atoms with Crippen LogP contribution in [0.2, 0.25) is 0 Å². The average molecular weight is 974 g/mol. The highest BCUT2D eigenvalue weighted by atomic mass is 32.1. The molecule has 8 aromatic heterocycles. The summed E-state index contributed by atoms with van der Waals surface area (Å²) in [5.74, 6) is 2.08. The fourth-order valence-corrected chi connectivity index (χ4v) is 10.9. The Balaban J connectivity index is 0.000000431. The number of pyridine rings is 4. The first-order valence-electron chi connectivity index (χ1n) is 25.0. The molecule has 0 saturated heterocycles. The van der Waals surface area contributed by atoms with E-state index in [1.807, 2.05) is 66.4 Å². The van der Waals surface area contributed by atoms with Gasteiger partial charge in [0.15, 0.2) is 52.4 Å². The van der Waals surface area contributed by atoms with Crippen molar-refractivity contribution in [2.75, 3.05) is 0 Å². The normalized spacial score (nSPS) is 10.6. The van der Waals surface area contributed by atoms with Gasteiger partial charge in [0, 0.05) is 68.1 Å². The molecule has 0 fully saturated rings. The Kier molecular flexibility index (Phi) is 25.3. The first-order chi connectivity index (χ1) is 32.1. The lowest BCUT2D eigenvalue weighted by atomic mass is 10.0. The molecule has 0 unspecified atom stereocenters. The van der Waals surface area contributed by atoms with Gasteiger partial charge >= 0.3 is 0 Å². The van der Waals surface area contributed by atoms with E-state index in [2.05, 4.69) is 177 Å². The fourth-order valence-electron chi connectivity index (χ4n) is 9.19. The van der Waals surface area contributed by atoms with Gasteiger partial charge in [-0.3, -0.25) is 0 Å². The Hall–Kier alpha value is -4.68. The smallest absolute Gasteiger partial charge is 0.223 e. The largest absolute Gasteiger partial charge is 0.443 e. The number of nitrogens with zero attached hydrogens (tertiary/aromatic N) is 8. The third-order valence-corrected chi connectivity index (χ3v) is 14.1. The van der Waals surface area contributed by atoms with Crippen LogP contribution in [0.3, 0.4) is 0 Å². The maximum absolute atomic E-state index is 5.45. The summed E-state index contributed by atoms with van der Waals surface area (Å²) in [5, 5.41) is 0. The van der Waals surface area contributed by atoms with E-state index in [4.69, 9.17) is 8.83 Å². The topological polar surface area (TPSA) is 93.4 Å². The second-order valence-corrected chi connectivity index (χ2v) is 19.1. The molecule has 0 N–H and O–H groups in total. The van der Waals surface area contributed by atoms with Crippen LogP contribution in [0.4, 0.5) is 0 Å². The summed E-state index contributed by atoms with van der Waals surface area (Å²) < 4.78 is 22.5. The number of thiazole rings is 2. The second-order valence-electron chi connectivity index (χ2n) is 17.4. The van der Waals surface area contributed by atoms with Gasteiger partial charge in [-0.05, 0) is 27.7 Å². The number of rotatable bonds is 4. The summed E-state index contributed by atoms with van der Waals surface area (Å²) in [7, 11) is 8.46. The van der Waals surface area contributed by atoms with Crippen LogP contribution in [-0.2, 0) is 28.2 Å². The van der Waals surface area contributed by atoms with Crippen molar-refractivity contribution in [1.82, 2.24) is 19.9 Å². The number of aryl methyl sites for hydroxylation is 8. The van der Waals surface area contributed by atoms with E-state index < -0.39 is 0 Å². The van der Waals surface area contributed by atoms with Gasteiger partial charge in [0.1, 0.15) is 43.9 Å². The maximum atomic E-state index is 5.45. The molecular weight excluding hydrogens is 881 g/mol. The Morgan fingerprint density at radius 1 is 0.368 bits per heavy atom. The van der Waals surface area contributed by atoms with Gasteiger partial charge < -0.3 is 8.83 Å². The monoisotopic (exact) mass is 973 g/mol. The van der Waals surface area contributed by atoms with Crippen LogP contribution < -0.4 is 18.3 Å². The molecule has 0 aliphatic carbocycles. The molecule has 0 spiro atoms. The summed E-state index contributed by atoms with van der Waals surface area (Å²) in [6.07, 6.45) is 3.05. The predicted molar refractivity (Wildman–Crippen MR) is 292 cm³/mol. The van der Waals surface area contributed by atoms with Gasteiger partial charge in [-0.2, -0.15) is 4.57 Å². The van der Waals surface area contributed by atoms with Crippen LogP contribution in [0.15, 0.2) is 32.6 Å². The summed E-state index contributed by atoms with van der Waals surface area (Å²) in [4.78, 5) is 17.4. The van der Waals surface area contributed by atoms with Gasteiger partial charge in [0.25, 0.3) is 0 Å². The number of hydrogen-bond acceptors (Lipinski definition) is 8. The third kappa shape index (κ3) is 12.9. The maximum Gasteiger partial charge on any atom is 0.223 e. The summed E-state index contributed by atoms with van der Waals surface area (Å²) in [5.41, 5.74) is 25.5. The zero-order valence-corrected chi connectivity index (χ0v) is 49.5. The molecule has 68 heavy (non-hydrogen) atoms. The second kappa shape index (κ2) is 28.1. The lowest BCUT2D eigenvalue weighted by molar-refractivity contribution is -0.685. The SMILES string of the molecule is CC.CC.CC.CC.Cc1c(C(C)C)[n+](C)c(C)c2ncoc12.Cc1c(C(C)C)[n+](C)c(C)c2ncsc12.Cc1c(C(C)C)[n+](C)c(C)c2ocnc12.Cc1c(C(C)C)[n+](C)c(C)c2scnc12. The minimum atomic E-state index is 0.489. The third-order valence-electron chi connectivity index (χ3n) is 12.2. The minimum Gasteiger partial charge on any atom is -0.443 e. The van der Waals surface area contributed by atoms with Crippen molar-refractivity contribution in [3.05, 3.63) is 91.6 Å².